The van der Waals surface area contributed by atoms with Crippen molar-refractivity contribution in [1.29, 1.82) is 0 Å². The smallest absolute Gasteiger partial charge is 0.327 e. The Hall–Kier alpha value is -0.250. The van der Waals surface area contributed by atoms with Crippen molar-refractivity contribution in [3.8, 4) is 0 Å². The molecule has 0 bridgehead atoms. The number of halogens is 3. The van der Waals surface area contributed by atoms with Crippen molar-refractivity contribution in [3.63, 3.8) is 0 Å². The molecular weight excluding hydrogens is 215 g/mol. The average molecular weight is 237 g/mol. The summed E-state index contributed by atoms with van der Waals surface area (Å²) >= 11 is 0. The van der Waals surface area contributed by atoms with Gasteiger partial charge >= 0.3 is 6.18 Å². The van der Waals surface area contributed by atoms with E-state index in [9.17, 15) is 13.2 Å². The van der Waals surface area contributed by atoms with Gasteiger partial charge in [0.15, 0.2) is 0 Å². The van der Waals surface area contributed by atoms with E-state index in [1.165, 1.54) is 25.7 Å². The molecule has 0 heterocycles. The van der Waals surface area contributed by atoms with Crippen LogP contribution in [0, 0.1) is 5.92 Å². The van der Waals surface area contributed by atoms with E-state index in [1.807, 2.05) is 0 Å². The van der Waals surface area contributed by atoms with Crippen LogP contribution in [-0.2, 0) is 0 Å². The van der Waals surface area contributed by atoms with E-state index in [1.54, 1.807) is 0 Å². The van der Waals surface area contributed by atoms with Crippen molar-refractivity contribution in [2.45, 2.75) is 70.0 Å². The topological polar surface area (TPSA) is 26.0 Å². The Balaban J connectivity index is 2.20. The van der Waals surface area contributed by atoms with Crippen molar-refractivity contribution in [2.24, 2.45) is 11.7 Å². The number of rotatable bonds is 4. The minimum absolute atomic E-state index is 0.0274. The van der Waals surface area contributed by atoms with Crippen LogP contribution in [-0.4, -0.2) is 12.2 Å². The number of nitrogens with two attached hydrogens (primary N) is 1. The molecule has 0 saturated heterocycles. The highest BCUT2D eigenvalue weighted by atomic mass is 19.4. The van der Waals surface area contributed by atoms with Crippen molar-refractivity contribution in [3.05, 3.63) is 0 Å². The summed E-state index contributed by atoms with van der Waals surface area (Å²) in [5, 5.41) is 0. The zero-order valence-electron chi connectivity index (χ0n) is 9.73. The quantitative estimate of drug-likeness (QED) is 0.734. The predicted molar refractivity (Wildman–Crippen MR) is 59.1 cm³/mol. The lowest BCUT2D eigenvalue weighted by atomic mass is 9.89. The predicted octanol–water partition coefficient (Wildman–Crippen LogP) is 4.02. The van der Waals surface area contributed by atoms with Crippen molar-refractivity contribution in [1.82, 2.24) is 0 Å². The third kappa shape index (κ3) is 5.73. The summed E-state index contributed by atoms with van der Waals surface area (Å²) in [7, 11) is 0. The Labute approximate surface area is 95.6 Å². The first-order valence-corrected chi connectivity index (χ1v) is 6.31. The minimum atomic E-state index is -4.02. The second-order valence-electron chi connectivity index (χ2n) is 4.92. The second-order valence-corrected chi connectivity index (χ2v) is 4.92. The highest BCUT2D eigenvalue weighted by Gasteiger charge is 2.27. The third-order valence-corrected chi connectivity index (χ3v) is 3.50. The normalized spacial score (nSPS) is 21.8. The van der Waals surface area contributed by atoms with E-state index in [-0.39, 0.29) is 12.5 Å². The number of alkyl halides is 3. The maximum absolute atomic E-state index is 12.0. The first kappa shape index (κ1) is 13.8. The number of hydrogen-bond donors (Lipinski definition) is 1. The van der Waals surface area contributed by atoms with Crippen LogP contribution in [0.5, 0.6) is 0 Å². The van der Waals surface area contributed by atoms with Crippen molar-refractivity contribution < 1.29 is 13.2 Å². The molecule has 1 fully saturated rings. The van der Waals surface area contributed by atoms with Crippen LogP contribution in [0.3, 0.4) is 0 Å². The monoisotopic (exact) mass is 237 g/mol. The molecule has 0 aromatic heterocycles. The zero-order chi connectivity index (χ0) is 12.0. The van der Waals surface area contributed by atoms with Gasteiger partial charge in [0.25, 0.3) is 0 Å². The molecule has 16 heavy (non-hydrogen) atoms. The minimum Gasteiger partial charge on any atom is -0.327 e. The molecule has 2 N–H and O–H groups in total. The molecule has 0 spiro atoms. The van der Waals surface area contributed by atoms with E-state index < -0.39 is 12.6 Å². The van der Waals surface area contributed by atoms with Gasteiger partial charge in [-0.2, -0.15) is 13.2 Å². The van der Waals surface area contributed by atoms with Gasteiger partial charge in [-0.1, -0.05) is 25.7 Å². The molecule has 0 aromatic carbocycles. The van der Waals surface area contributed by atoms with Crippen LogP contribution in [0.1, 0.15) is 57.8 Å². The summed E-state index contributed by atoms with van der Waals surface area (Å²) in [6.07, 6.45) is 3.09. The number of hydrogen-bond acceptors (Lipinski definition) is 1. The molecule has 1 rings (SSSR count). The van der Waals surface area contributed by atoms with Crippen LogP contribution in [0.25, 0.3) is 0 Å². The third-order valence-electron chi connectivity index (χ3n) is 3.50. The SMILES string of the molecule is NC(CCCC(F)(F)F)C1CCCCCC1. The summed E-state index contributed by atoms with van der Waals surface area (Å²) in [5.41, 5.74) is 5.98. The molecule has 1 aliphatic carbocycles. The van der Waals surface area contributed by atoms with Gasteiger partial charge in [0, 0.05) is 12.5 Å². The molecule has 0 aliphatic heterocycles. The van der Waals surface area contributed by atoms with E-state index in [0.29, 0.717) is 12.3 Å². The van der Waals surface area contributed by atoms with Gasteiger partial charge in [0.1, 0.15) is 0 Å². The van der Waals surface area contributed by atoms with Gasteiger partial charge in [-0.25, -0.2) is 0 Å². The van der Waals surface area contributed by atoms with Gasteiger partial charge in [0.05, 0.1) is 0 Å². The van der Waals surface area contributed by atoms with Gasteiger partial charge in [0.2, 0.25) is 0 Å². The fraction of sp³-hybridized carbons (Fsp3) is 1.00. The lowest BCUT2D eigenvalue weighted by molar-refractivity contribution is -0.135. The Morgan fingerprint density at radius 3 is 2.12 bits per heavy atom. The first-order chi connectivity index (χ1) is 7.49. The van der Waals surface area contributed by atoms with Crippen LogP contribution in [0.2, 0.25) is 0 Å². The molecule has 96 valence electrons. The van der Waals surface area contributed by atoms with Crippen LogP contribution in [0.15, 0.2) is 0 Å². The van der Waals surface area contributed by atoms with E-state index >= 15 is 0 Å². The summed E-state index contributed by atoms with van der Waals surface area (Å²) in [4.78, 5) is 0. The highest BCUT2D eigenvalue weighted by molar-refractivity contribution is 4.75. The van der Waals surface area contributed by atoms with Crippen LogP contribution < -0.4 is 5.73 Å². The van der Waals surface area contributed by atoms with Crippen LogP contribution >= 0.6 is 0 Å². The molecule has 0 aromatic rings. The lowest BCUT2D eigenvalue weighted by Gasteiger charge is -2.22. The fourth-order valence-electron chi connectivity index (χ4n) is 2.51. The van der Waals surface area contributed by atoms with E-state index in [2.05, 4.69) is 0 Å². The van der Waals surface area contributed by atoms with Crippen LogP contribution in [0.4, 0.5) is 13.2 Å². The molecule has 1 aliphatic rings. The highest BCUT2D eigenvalue weighted by Crippen LogP contribution is 2.28. The van der Waals surface area contributed by atoms with Crippen molar-refractivity contribution in [2.75, 3.05) is 0 Å². The van der Waals surface area contributed by atoms with E-state index in [0.717, 1.165) is 12.8 Å². The van der Waals surface area contributed by atoms with E-state index in [4.69, 9.17) is 5.73 Å². The van der Waals surface area contributed by atoms with Gasteiger partial charge in [-0.05, 0) is 31.6 Å². The zero-order valence-corrected chi connectivity index (χ0v) is 9.73. The summed E-state index contributed by atoms with van der Waals surface area (Å²) < 4.78 is 35.9. The summed E-state index contributed by atoms with van der Waals surface area (Å²) in [5.74, 6) is 0.454. The lowest BCUT2D eigenvalue weighted by Crippen LogP contribution is -2.30. The summed E-state index contributed by atoms with van der Waals surface area (Å²) in [6.45, 7) is 0. The van der Waals surface area contributed by atoms with Crippen molar-refractivity contribution >= 4 is 0 Å². The Bertz CT molecular complexity index is 183. The first-order valence-electron chi connectivity index (χ1n) is 6.31. The molecule has 4 heteroatoms. The second kappa shape index (κ2) is 6.48. The molecular formula is C12H22F3N. The Morgan fingerprint density at radius 1 is 1.06 bits per heavy atom. The molecule has 1 nitrogen and oxygen atoms in total. The average Bonchev–Trinajstić information content (AvgIpc) is 2.43. The fourth-order valence-corrected chi connectivity index (χ4v) is 2.51. The molecule has 0 amide bonds. The molecule has 0 radical (unpaired) electrons. The van der Waals surface area contributed by atoms with Gasteiger partial charge < -0.3 is 5.73 Å². The molecule has 1 saturated carbocycles. The summed E-state index contributed by atoms with van der Waals surface area (Å²) in [6, 6.07) is -0.0274. The Kier molecular flexibility index (Phi) is 5.59. The molecule has 1 atom stereocenters. The van der Waals surface area contributed by atoms with Gasteiger partial charge in [-0.15, -0.1) is 0 Å². The largest absolute Gasteiger partial charge is 0.389 e. The van der Waals surface area contributed by atoms with Gasteiger partial charge in [-0.3, -0.25) is 0 Å². The maximum atomic E-state index is 12.0. The molecule has 1 unspecified atom stereocenters. The maximum Gasteiger partial charge on any atom is 0.389 e. The standard InChI is InChI=1S/C12H22F3N/c13-12(14,15)9-5-8-11(16)10-6-3-1-2-4-7-10/h10-11H,1-9,16H2. The Morgan fingerprint density at radius 2 is 1.62 bits per heavy atom.